The van der Waals surface area contributed by atoms with Crippen molar-refractivity contribution in [1.29, 1.82) is 0 Å². The van der Waals surface area contributed by atoms with Gasteiger partial charge in [-0.2, -0.15) is 0 Å². The van der Waals surface area contributed by atoms with E-state index >= 15 is 0 Å². The van der Waals surface area contributed by atoms with E-state index < -0.39 is 0 Å². The van der Waals surface area contributed by atoms with Gasteiger partial charge < -0.3 is 5.32 Å². The predicted molar refractivity (Wildman–Crippen MR) is 74.6 cm³/mol. The summed E-state index contributed by atoms with van der Waals surface area (Å²) >= 11 is 3.39. The van der Waals surface area contributed by atoms with Gasteiger partial charge in [0.05, 0.1) is 0 Å². The van der Waals surface area contributed by atoms with E-state index in [-0.39, 0.29) is 11.9 Å². The topological polar surface area (TPSA) is 12.0 Å². The van der Waals surface area contributed by atoms with Crippen LogP contribution in [0.1, 0.15) is 37.8 Å². The number of hydrogen-bond donors (Lipinski definition) is 1. The van der Waals surface area contributed by atoms with Crippen LogP contribution in [0.4, 0.5) is 4.39 Å². The Morgan fingerprint density at radius 1 is 1.53 bits per heavy atom. The predicted octanol–water partition coefficient (Wildman–Crippen LogP) is 4.60. The van der Waals surface area contributed by atoms with Gasteiger partial charge in [-0.3, -0.25) is 0 Å². The molecule has 0 aliphatic carbocycles. The molecule has 0 amide bonds. The van der Waals surface area contributed by atoms with Gasteiger partial charge in [0.1, 0.15) is 5.82 Å². The van der Waals surface area contributed by atoms with Crippen molar-refractivity contribution < 1.29 is 4.39 Å². The largest absolute Gasteiger partial charge is 0.310 e. The first kappa shape index (κ1) is 14.4. The van der Waals surface area contributed by atoms with Crippen LogP contribution in [0.5, 0.6) is 0 Å². The second-order valence-corrected chi connectivity index (χ2v) is 4.95. The molecule has 0 aromatic heterocycles. The average molecular weight is 300 g/mol. The summed E-state index contributed by atoms with van der Waals surface area (Å²) in [7, 11) is 0. The molecule has 1 aromatic rings. The van der Waals surface area contributed by atoms with Crippen LogP contribution < -0.4 is 5.32 Å². The lowest BCUT2D eigenvalue weighted by atomic mass is 10.0. The first-order chi connectivity index (χ1) is 8.19. The fourth-order valence-electron chi connectivity index (χ4n) is 1.75. The molecule has 17 heavy (non-hydrogen) atoms. The van der Waals surface area contributed by atoms with E-state index in [1.807, 2.05) is 12.1 Å². The van der Waals surface area contributed by atoms with Crippen molar-refractivity contribution in [3.8, 4) is 0 Å². The van der Waals surface area contributed by atoms with Gasteiger partial charge in [0.25, 0.3) is 0 Å². The van der Waals surface area contributed by atoms with Gasteiger partial charge in [0.2, 0.25) is 0 Å². The molecule has 0 bridgehead atoms. The van der Waals surface area contributed by atoms with Gasteiger partial charge in [-0.05, 0) is 44.0 Å². The summed E-state index contributed by atoms with van der Waals surface area (Å²) in [5, 5.41) is 3.38. The Hall–Kier alpha value is -0.670. The normalized spacial score (nSPS) is 12.4. The maximum absolute atomic E-state index is 13.8. The molecule has 0 radical (unpaired) electrons. The van der Waals surface area contributed by atoms with Crippen LogP contribution in [-0.2, 0) is 0 Å². The summed E-state index contributed by atoms with van der Waals surface area (Å²) in [5.74, 6) is -0.147. The highest BCUT2D eigenvalue weighted by Crippen LogP contribution is 2.25. The first-order valence-corrected chi connectivity index (χ1v) is 6.77. The highest BCUT2D eigenvalue weighted by Gasteiger charge is 2.14. The van der Waals surface area contributed by atoms with Crippen LogP contribution in [0, 0.1) is 5.82 Å². The number of nitrogens with one attached hydrogen (secondary N) is 1. The highest BCUT2D eigenvalue weighted by molar-refractivity contribution is 9.10. The summed E-state index contributed by atoms with van der Waals surface area (Å²) in [6.07, 6.45) is 4.67. The SMILES string of the molecule is C=CCCC(NCCC)c1cc(Br)ccc1F. The van der Waals surface area contributed by atoms with Gasteiger partial charge in [-0.25, -0.2) is 4.39 Å². The van der Waals surface area contributed by atoms with Gasteiger partial charge in [-0.1, -0.05) is 28.9 Å². The molecule has 0 fully saturated rings. The van der Waals surface area contributed by atoms with Crippen LogP contribution in [0.2, 0.25) is 0 Å². The molecule has 1 rings (SSSR count). The molecule has 0 aliphatic rings. The van der Waals surface area contributed by atoms with E-state index in [2.05, 4.69) is 34.7 Å². The summed E-state index contributed by atoms with van der Waals surface area (Å²) in [6, 6.07) is 5.15. The second-order valence-electron chi connectivity index (χ2n) is 4.04. The summed E-state index contributed by atoms with van der Waals surface area (Å²) in [4.78, 5) is 0. The minimum absolute atomic E-state index is 0.0606. The van der Waals surface area contributed by atoms with E-state index in [4.69, 9.17) is 0 Å². The first-order valence-electron chi connectivity index (χ1n) is 5.98. The molecular formula is C14H19BrFN. The average Bonchev–Trinajstić information content (AvgIpc) is 2.33. The van der Waals surface area contributed by atoms with E-state index in [1.165, 1.54) is 6.07 Å². The van der Waals surface area contributed by atoms with Crippen LogP contribution >= 0.6 is 15.9 Å². The number of halogens is 2. The molecule has 0 saturated carbocycles. The Labute approximate surface area is 111 Å². The van der Waals surface area contributed by atoms with Crippen LogP contribution in [0.3, 0.4) is 0 Å². The zero-order chi connectivity index (χ0) is 12.7. The molecule has 1 nitrogen and oxygen atoms in total. The van der Waals surface area contributed by atoms with E-state index in [0.29, 0.717) is 0 Å². The third-order valence-corrected chi connectivity index (χ3v) is 3.13. The molecule has 1 aromatic carbocycles. The monoisotopic (exact) mass is 299 g/mol. The Bertz CT molecular complexity index is 365. The zero-order valence-electron chi connectivity index (χ0n) is 10.2. The molecule has 0 aliphatic heterocycles. The molecule has 0 heterocycles. The van der Waals surface area contributed by atoms with Crippen molar-refractivity contribution in [2.24, 2.45) is 0 Å². The van der Waals surface area contributed by atoms with Crippen molar-refractivity contribution in [2.45, 2.75) is 32.2 Å². The molecule has 1 unspecified atom stereocenters. The van der Waals surface area contributed by atoms with Crippen LogP contribution in [0.15, 0.2) is 35.3 Å². The Balaban J connectivity index is 2.85. The van der Waals surface area contributed by atoms with E-state index in [0.717, 1.165) is 35.8 Å². The molecule has 0 spiro atoms. The van der Waals surface area contributed by atoms with Crippen molar-refractivity contribution in [1.82, 2.24) is 5.32 Å². The van der Waals surface area contributed by atoms with Crippen LogP contribution in [0.25, 0.3) is 0 Å². The molecule has 0 saturated heterocycles. The quantitative estimate of drug-likeness (QED) is 0.726. The molecule has 1 atom stereocenters. The van der Waals surface area contributed by atoms with Gasteiger partial charge in [-0.15, -0.1) is 6.58 Å². The van der Waals surface area contributed by atoms with E-state index in [1.54, 1.807) is 6.07 Å². The third kappa shape index (κ3) is 4.60. The number of allylic oxidation sites excluding steroid dienone is 1. The lowest BCUT2D eigenvalue weighted by molar-refractivity contribution is 0.476. The number of hydrogen-bond acceptors (Lipinski definition) is 1. The maximum Gasteiger partial charge on any atom is 0.128 e. The maximum atomic E-state index is 13.8. The van der Waals surface area contributed by atoms with Crippen LogP contribution in [-0.4, -0.2) is 6.54 Å². The van der Waals surface area contributed by atoms with E-state index in [9.17, 15) is 4.39 Å². The Morgan fingerprint density at radius 2 is 2.29 bits per heavy atom. The minimum atomic E-state index is -0.147. The molecule has 1 N–H and O–H groups in total. The third-order valence-electron chi connectivity index (χ3n) is 2.63. The standard InChI is InChI=1S/C14H19BrFN/c1-3-5-6-14(17-9-4-2)12-10-11(15)7-8-13(12)16/h3,7-8,10,14,17H,1,4-6,9H2,2H3. The summed E-state index contributed by atoms with van der Waals surface area (Å²) < 4.78 is 14.7. The minimum Gasteiger partial charge on any atom is -0.310 e. The fourth-order valence-corrected chi connectivity index (χ4v) is 2.13. The molecule has 94 valence electrons. The number of rotatable bonds is 7. The fraction of sp³-hybridized carbons (Fsp3) is 0.429. The van der Waals surface area contributed by atoms with Crippen molar-refractivity contribution in [2.75, 3.05) is 6.54 Å². The van der Waals surface area contributed by atoms with Crippen molar-refractivity contribution in [3.63, 3.8) is 0 Å². The smallest absolute Gasteiger partial charge is 0.128 e. The highest BCUT2D eigenvalue weighted by atomic mass is 79.9. The van der Waals surface area contributed by atoms with Crippen molar-refractivity contribution in [3.05, 3.63) is 46.7 Å². The van der Waals surface area contributed by atoms with Crippen molar-refractivity contribution >= 4 is 15.9 Å². The Morgan fingerprint density at radius 3 is 2.94 bits per heavy atom. The zero-order valence-corrected chi connectivity index (χ0v) is 11.8. The summed E-state index contributed by atoms with van der Waals surface area (Å²) in [5.41, 5.74) is 0.731. The Kier molecular flexibility index (Phi) is 6.45. The van der Waals surface area contributed by atoms with Gasteiger partial charge in [0.15, 0.2) is 0 Å². The molecular weight excluding hydrogens is 281 g/mol. The van der Waals surface area contributed by atoms with Gasteiger partial charge in [0, 0.05) is 16.1 Å². The molecule has 3 heteroatoms. The second kappa shape index (κ2) is 7.62. The lowest BCUT2D eigenvalue weighted by Crippen LogP contribution is -2.23. The number of benzene rings is 1. The lowest BCUT2D eigenvalue weighted by Gasteiger charge is -2.19. The van der Waals surface area contributed by atoms with Gasteiger partial charge >= 0.3 is 0 Å². The summed E-state index contributed by atoms with van der Waals surface area (Å²) in [6.45, 7) is 6.72.